The van der Waals surface area contributed by atoms with E-state index in [2.05, 4.69) is 4.84 Å². The van der Waals surface area contributed by atoms with Gasteiger partial charge in [0.2, 0.25) is 0 Å². The summed E-state index contributed by atoms with van der Waals surface area (Å²) in [5.41, 5.74) is -1.16. The largest absolute Gasteiger partial charge is 0.460 e. The van der Waals surface area contributed by atoms with Crippen LogP contribution in [0, 0.1) is 11.3 Å². The Kier molecular flexibility index (Phi) is 7.57. The number of ether oxygens (including phenoxy) is 1. The van der Waals surface area contributed by atoms with Gasteiger partial charge in [0.25, 0.3) is 11.8 Å². The quantitative estimate of drug-likeness (QED) is 0.444. The first-order valence-electron chi connectivity index (χ1n) is 7.44. The number of rotatable bonds is 4. The van der Waals surface area contributed by atoms with Gasteiger partial charge in [-0.1, -0.05) is 20.8 Å². The average molecular weight is 329 g/mol. The minimum Gasteiger partial charge on any atom is -0.460 e. The lowest BCUT2D eigenvalue weighted by atomic mass is 9.81. The molecule has 1 atom stereocenters. The van der Waals surface area contributed by atoms with Crippen LogP contribution < -0.4 is 0 Å². The molecule has 1 heterocycles. The van der Waals surface area contributed by atoms with Crippen LogP contribution in [0.5, 0.6) is 0 Å². The van der Waals surface area contributed by atoms with E-state index < -0.39 is 16.9 Å². The van der Waals surface area contributed by atoms with Gasteiger partial charge >= 0.3 is 5.97 Å². The number of imide groups is 1. The normalized spacial score (nSPS) is 16.6. The number of nitrogens with zero attached hydrogens (tertiary/aromatic N) is 1. The topological polar surface area (TPSA) is 90.0 Å². The van der Waals surface area contributed by atoms with Gasteiger partial charge in [-0.15, -0.1) is 0 Å². The van der Waals surface area contributed by atoms with Crippen LogP contribution in [0.25, 0.3) is 0 Å². The number of carbonyl (C=O) groups excluding carboxylic acids is 4. The number of amides is 2. The zero-order valence-corrected chi connectivity index (χ0v) is 15.0. The molecule has 1 aliphatic rings. The van der Waals surface area contributed by atoms with E-state index in [1.165, 1.54) is 7.11 Å². The summed E-state index contributed by atoms with van der Waals surface area (Å²) in [6, 6.07) is 0. The number of hydrogen-bond donors (Lipinski definition) is 0. The maximum Gasteiger partial charge on any atom is 0.310 e. The highest BCUT2D eigenvalue weighted by molar-refractivity contribution is 6.00. The van der Waals surface area contributed by atoms with Gasteiger partial charge in [-0.25, -0.2) is 0 Å². The SMILES string of the molecule is CC(C(=O)OC(C)(C)C)C(C)(C)C=O.CON1C(=O)CCC1=O. The lowest BCUT2D eigenvalue weighted by molar-refractivity contribution is -0.179. The Morgan fingerprint density at radius 3 is 1.83 bits per heavy atom. The number of hydrogen-bond acceptors (Lipinski definition) is 6. The van der Waals surface area contributed by atoms with Gasteiger partial charge in [0.1, 0.15) is 11.9 Å². The maximum atomic E-state index is 11.6. The summed E-state index contributed by atoms with van der Waals surface area (Å²) in [7, 11) is 1.31. The van der Waals surface area contributed by atoms with Crippen molar-refractivity contribution in [2.75, 3.05) is 7.11 Å². The Morgan fingerprint density at radius 1 is 1.13 bits per heavy atom. The molecule has 1 fully saturated rings. The third-order valence-corrected chi connectivity index (χ3v) is 3.37. The molecule has 0 bridgehead atoms. The van der Waals surface area contributed by atoms with Gasteiger partial charge in [0.15, 0.2) is 0 Å². The van der Waals surface area contributed by atoms with Crippen LogP contribution in [0.15, 0.2) is 0 Å². The van der Waals surface area contributed by atoms with Crippen molar-refractivity contribution in [2.24, 2.45) is 11.3 Å². The Labute approximate surface area is 137 Å². The van der Waals surface area contributed by atoms with Crippen LogP contribution in [0.1, 0.15) is 54.4 Å². The summed E-state index contributed by atoms with van der Waals surface area (Å²) in [6.07, 6.45) is 1.36. The highest BCUT2D eigenvalue weighted by Gasteiger charge is 2.34. The maximum absolute atomic E-state index is 11.6. The van der Waals surface area contributed by atoms with Crippen LogP contribution in [-0.2, 0) is 28.8 Å². The van der Waals surface area contributed by atoms with Gasteiger partial charge in [0.05, 0.1) is 13.0 Å². The summed E-state index contributed by atoms with van der Waals surface area (Å²) in [5, 5.41) is 0.792. The molecule has 1 unspecified atom stereocenters. The molecular formula is C16H27NO6. The molecule has 7 nitrogen and oxygen atoms in total. The summed E-state index contributed by atoms with van der Waals surface area (Å²) < 4.78 is 5.19. The summed E-state index contributed by atoms with van der Waals surface area (Å²) in [6.45, 7) is 10.6. The molecule has 7 heteroatoms. The Hall–Kier alpha value is -1.76. The number of hydroxylamine groups is 2. The zero-order valence-electron chi connectivity index (χ0n) is 15.0. The minimum absolute atomic E-state index is 0.248. The van der Waals surface area contributed by atoms with Crippen LogP contribution in [0.4, 0.5) is 0 Å². The van der Waals surface area contributed by atoms with Crippen LogP contribution >= 0.6 is 0 Å². The molecule has 0 aliphatic carbocycles. The summed E-state index contributed by atoms with van der Waals surface area (Å²) in [5.74, 6) is -1.24. The number of esters is 1. The van der Waals surface area contributed by atoms with Gasteiger partial charge in [-0.3, -0.25) is 19.2 Å². The van der Waals surface area contributed by atoms with Gasteiger partial charge in [-0.2, -0.15) is 5.06 Å². The van der Waals surface area contributed by atoms with Gasteiger partial charge < -0.3 is 9.53 Å². The lowest BCUT2D eigenvalue weighted by Gasteiger charge is -2.28. The van der Waals surface area contributed by atoms with E-state index in [1.807, 2.05) is 20.8 Å². The van der Waals surface area contributed by atoms with Crippen molar-refractivity contribution in [3.05, 3.63) is 0 Å². The van der Waals surface area contributed by atoms with Crippen LogP contribution in [0.3, 0.4) is 0 Å². The van der Waals surface area contributed by atoms with Crippen molar-refractivity contribution in [3.8, 4) is 0 Å². The van der Waals surface area contributed by atoms with Crippen molar-refractivity contribution in [1.82, 2.24) is 5.06 Å². The highest BCUT2D eigenvalue weighted by atomic mass is 16.7. The van der Waals surface area contributed by atoms with Gasteiger partial charge in [0, 0.05) is 18.3 Å². The molecule has 0 aromatic carbocycles. The van der Waals surface area contributed by atoms with E-state index >= 15 is 0 Å². The van der Waals surface area contributed by atoms with E-state index in [-0.39, 0.29) is 30.6 Å². The Morgan fingerprint density at radius 2 is 1.57 bits per heavy atom. The molecule has 1 rings (SSSR count). The van der Waals surface area contributed by atoms with Crippen molar-refractivity contribution < 1.29 is 28.8 Å². The van der Waals surface area contributed by atoms with E-state index in [0.29, 0.717) is 0 Å². The van der Waals surface area contributed by atoms with E-state index in [1.54, 1.807) is 20.8 Å². The average Bonchev–Trinajstić information content (AvgIpc) is 2.75. The third-order valence-electron chi connectivity index (χ3n) is 3.37. The number of aldehydes is 1. The Balaban J connectivity index is 0.000000459. The van der Waals surface area contributed by atoms with Crippen LogP contribution in [0.2, 0.25) is 0 Å². The molecule has 132 valence electrons. The molecule has 0 N–H and O–H groups in total. The van der Waals surface area contributed by atoms with E-state index in [4.69, 9.17) is 4.74 Å². The fourth-order valence-corrected chi connectivity index (χ4v) is 1.56. The van der Waals surface area contributed by atoms with Crippen molar-refractivity contribution in [2.45, 2.75) is 60.0 Å². The standard InChI is InChI=1S/C11H20O3.C5H7NO3/c1-8(11(5,6)7-12)9(13)14-10(2,3)4;1-9-6-4(7)2-3-5(6)8/h7-8H,1-6H3;2-3H2,1H3. The first-order valence-corrected chi connectivity index (χ1v) is 7.44. The first kappa shape index (κ1) is 21.2. The van der Waals surface area contributed by atoms with Crippen LogP contribution in [-0.4, -0.2) is 41.8 Å². The monoisotopic (exact) mass is 329 g/mol. The summed E-state index contributed by atoms with van der Waals surface area (Å²) >= 11 is 0. The molecule has 1 aliphatic heterocycles. The number of carbonyl (C=O) groups is 4. The van der Waals surface area contributed by atoms with Crippen molar-refractivity contribution in [1.29, 1.82) is 0 Å². The second-order valence-electron chi connectivity index (χ2n) is 6.96. The fraction of sp³-hybridized carbons (Fsp3) is 0.750. The molecular weight excluding hydrogens is 302 g/mol. The predicted molar refractivity (Wildman–Crippen MR) is 83.0 cm³/mol. The van der Waals surface area contributed by atoms with Crippen molar-refractivity contribution >= 4 is 24.1 Å². The molecule has 0 aromatic heterocycles. The third kappa shape index (κ3) is 6.90. The minimum atomic E-state index is -0.664. The predicted octanol–water partition coefficient (Wildman–Crippen LogP) is 1.89. The molecule has 0 aromatic rings. The highest BCUT2D eigenvalue weighted by Crippen LogP contribution is 2.26. The van der Waals surface area contributed by atoms with E-state index in [9.17, 15) is 19.2 Å². The molecule has 2 amide bonds. The van der Waals surface area contributed by atoms with E-state index in [0.717, 1.165) is 11.3 Å². The molecule has 0 radical (unpaired) electrons. The second kappa shape index (κ2) is 8.19. The lowest BCUT2D eigenvalue weighted by Crippen LogP contribution is -2.35. The smallest absolute Gasteiger partial charge is 0.310 e. The molecule has 1 saturated heterocycles. The Bertz CT molecular complexity index is 448. The molecule has 0 saturated carbocycles. The fourth-order valence-electron chi connectivity index (χ4n) is 1.56. The zero-order chi connectivity index (χ0) is 18.4. The first-order chi connectivity index (χ1) is 10.4. The molecule has 0 spiro atoms. The van der Waals surface area contributed by atoms with Crippen molar-refractivity contribution in [3.63, 3.8) is 0 Å². The van der Waals surface area contributed by atoms with Gasteiger partial charge in [-0.05, 0) is 20.8 Å². The molecule has 23 heavy (non-hydrogen) atoms. The second-order valence-corrected chi connectivity index (χ2v) is 6.96. The summed E-state index contributed by atoms with van der Waals surface area (Å²) in [4.78, 5) is 48.0.